The van der Waals surface area contributed by atoms with Gasteiger partial charge in [0.25, 0.3) is 0 Å². The molecule has 1 aliphatic rings. The minimum absolute atomic E-state index is 0.349. The van der Waals surface area contributed by atoms with E-state index in [0.717, 1.165) is 22.4 Å². The van der Waals surface area contributed by atoms with Crippen LogP contribution in [0, 0.1) is 5.82 Å². The molecular formula is C18H15Cl2FN2. The van der Waals surface area contributed by atoms with Crippen molar-refractivity contribution >= 4 is 34.3 Å². The van der Waals surface area contributed by atoms with Crippen LogP contribution in [0.4, 0.5) is 4.39 Å². The van der Waals surface area contributed by atoms with Gasteiger partial charge in [0.1, 0.15) is 5.82 Å². The van der Waals surface area contributed by atoms with Crippen LogP contribution in [0.3, 0.4) is 0 Å². The zero-order valence-electron chi connectivity index (χ0n) is 12.7. The topological polar surface area (TPSA) is 15.3 Å². The molecule has 2 aromatic carbocycles. The maximum Gasteiger partial charge on any atom is 0.132 e. The Kier molecular flexibility index (Phi) is 4.33. The summed E-state index contributed by atoms with van der Waals surface area (Å²) in [4.78, 5) is 0. The van der Waals surface area contributed by atoms with E-state index >= 15 is 0 Å². The van der Waals surface area contributed by atoms with E-state index in [9.17, 15) is 4.39 Å². The first kappa shape index (κ1) is 15.9. The second kappa shape index (κ2) is 6.26. The summed E-state index contributed by atoms with van der Waals surface area (Å²) in [5, 5.41) is 2.82. The smallest absolute Gasteiger partial charge is 0.132 e. The van der Waals surface area contributed by atoms with Crippen LogP contribution in [-0.2, 0) is 0 Å². The maximum atomic E-state index is 14.4. The molecule has 0 saturated carbocycles. The highest BCUT2D eigenvalue weighted by atomic mass is 35.5. The number of rotatable bonds is 2. The Labute approximate surface area is 144 Å². The van der Waals surface area contributed by atoms with Crippen molar-refractivity contribution in [1.29, 1.82) is 0 Å². The number of nitrogens with one attached hydrogen (secondary N) is 1. The van der Waals surface area contributed by atoms with E-state index in [0.29, 0.717) is 15.6 Å². The molecule has 0 fully saturated rings. The fourth-order valence-corrected chi connectivity index (χ4v) is 3.14. The number of hydrogen-bond acceptors (Lipinski definition) is 2. The van der Waals surface area contributed by atoms with E-state index in [4.69, 9.17) is 23.2 Å². The van der Waals surface area contributed by atoms with Crippen LogP contribution in [0.2, 0.25) is 10.0 Å². The van der Waals surface area contributed by atoms with Gasteiger partial charge in [0.05, 0.1) is 5.02 Å². The summed E-state index contributed by atoms with van der Waals surface area (Å²) in [7, 11) is 1.86. The molecule has 3 rings (SSSR count). The van der Waals surface area contributed by atoms with Crippen LogP contribution in [0.1, 0.15) is 18.1 Å². The predicted molar refractivity (Wildman–Crippen MR) is 94.3 cm³/mol. The molecule has 0 aromatic heterocycles. The van der Waals surface area contributed by atoms with Crippen LogP contribution in [0.15, 0.2) is 54.4 Å². The van der Waals surface area contributed by atoms with Crippen molar-refractivity contribution in [3.63, 3.8) is 0 Å². The quantitative estimate of drug-likeness (QED) is 0.786. The minimum atomic E-state index is -0.349. The highest BCUT2D eigenvalue weighted by Crippen LogP contribution is 2.39. The van der Waals surface area contributed by atoms with Gasteiger partial charge in [0.2, 0.25) is 0 Å². The lowest BCUT2D eigenvalue weighted by molar-refractivity contribution is 0.368. The summed E-state index contributed by atoms with van der Waals surface area (Å²) < 4.78 is 14.4. The van der Waals surface area contributed by atoms with Crippen molar-refractivity contribution in [3.05, 3.63) is 81.4 Å². The van der Waals surface area contributed by atoms with E-state index in [-0.39, 0.29) is 5.82 Å². The Morgan fingerprint density at radius 3 is 2.39 bits per heavy atom. The molecule has 0 aliphatic carbocycles. The molecule has 0 bridgehead atoms. The lowest BCUT2D eigenvalue weighted by atomic mass is 9.90. The summed E-state index contributed by atoms with van der Waals surface area (Å²) in [5.74, 6) is -0.349. The Balaban J connectivity index is 2.21. The molecular weight excluding hydrogens is 334 g/mol. The number of hydrogen-bond donors (Lipinski definition) is 1. The summed E-state index contributed by atoms with van der Waals surface area (Å²) in [5.41, 5.74) is 7.09. The molecule has 1 heterocycles. The predicted octanol–water partition coefficient (Wildman–Crippen LogP) is 5.35. The summed E-state index contributed by atoms with van der Waals surface area (Å²) in [6, 6.07) is 12.2. The zero-order chi connectivity index (χ0) is 16.6. The minimum Gasteiger partial charge on any atom is -0.303 e. The molecule has 0 radical (unpaired) electrons. The highest BCUT2D eigenvalue weighted by molar-refractivity contribution is 6.33. The van der Waals surface area contributed by atoms with Gasteiger partial charge in [0.15, 0.2) is 0 Å². The second-order valence-electron chi connectivity index (χ2n) is 5.37. The number of nitrogens with zero attached hydrogens (tertiary/aromatic N) is 1. The molecule has 5 heteroatoms. The van der Waals surface area contributed by atoms with Crippen molar-refractivity contribution in [2.75, 3.05) is 7.05 Å². The van der Waals surface area contributed by atoms with Gasteiger partial charge in [-0.1, -0.05) is 41.4 Å². The first-order valence-electron chi connectivity index (χ1n) is 7.10. The Morgan fingerprint density at radius 2 is 1.74 bits per heavy atom. The fraction of sp³-hybridized carbons (Fsp3) is 0.111. The molecule has 1 aliphatic heterocycles. The summed E-state index contributed by atoms with van der Waals surface area (Å²) >= 11 is 12.3. The third kappa shape index (κ3) is 3.07. The molecule has 2 nitrogen and oxygen atoms in total. The average Bonchev–Trinajstić information content (AvgIpc) is 2.48. The molecule has 0 unspecified atom stereocenters. The SMILES string of the molecule is CC1=C(c2ccc(Cl)cc2)C(c2c(F)cccc2Cl)=CN(C)N1. The zero-order valence-corrected chi connectivity index (χ0v) is 14.2. The molecule has 2 aromatic rings. The van der Waals surface area contributed by atoms with Crippen molar-refractivity contribution in [1.82, 2.24) is 10.4 Å². The standard InChI is InChI=1S/C18H15Cl2FN2/c1-11-17(12-6-8-13(19)9-7-12)14(10-23(2)22-11)18-15(20)4-3-5-16(18)21/h3-10,22H,1-2H3. The van der Waals surface area contributed by atoms with Crippen LogP contribution in [0.25, 0.3) is 11.1 Å². The van der Waals surface area contributed by atoms with E-state index in [1.54, 1.807) is 17.1 Å². The van der Waals surface area contributed by atoms with Gasteiger partial charge in [-0.2, -0.15) is 0 Å². The normalized spacial score (nSPS) is 14.7. The van der Waals surface area contributed by atoms with Crippen LogP contribution in [-0.4, -0.2) is 12.1 Å². The van der Waals surface area contributed by atoms with Crippen molar-refractivity contribution in [2.45, 2.75) is 6.92 Å². The van der Waals surface area contributed by atoms with Gasteiger partial charge in [0, 0.05) is 40.7 Å². The van der Waals surface area contributed by atoms with Gasteiger partial charge in [-0.15, -0.1) is 0 Å². The van der Waals surface area contributed by atoms with Crippen LogP contribution < -0.4 is 5.43 Å². The Hall–Kier alpha value is -1.97. The third-order valence-electron chi connectivity index (χ3n) is 3.68. The molecule has 0 atom stereocenters. The molecule has 1 N–H and O–H groups in total. The van der Waals surface area contributed by atoms with E-state index < -0.39 is 0 Å². The van der Waals surface area contributed by atoms with Crippen LogP contribution >= 0.6 is 23.2 Å². The van der Waals surface area contributed by atoms with Crippen molar-refractivity contribution in [2.24, 2.45) is 0 Å². The van der Waals surface area contributed by atoms with E-state index in [1.807, 2.05) is 44.4 Å². The van der Waals surface area contributed by atoms with Crippen molar-refractivity contribution in [3.8, 4) is 0 Å². The number of halogens is 3. The summed E-state index contributed by atoms with van der Waals surface area (Å²) in [6.07, 6.45) is 1.83. The maximum absolute atomic E-state index is 14.4. The monoisotopic (exact) mass is 348 g/mol. The first-order chi connectivity index (χ1) is 11.0. The molecule has 0 spiro atoms. The largest absolute Gasteiger partial charge is 0.303 e. The Bertz CT molecular complexity index is 790. The van der Waals surface area contributed by atoms with Gasteiger partial charge in [-0.3, -0.25) is 5.01 Å². The fourth-order valence-electron chi connectivity index (χ4n) is 2.75. The molecule has 118 valence electrons. The average molecular weight is 349 g/mol. The second-order valence-corrected chi connectivity index (χ2v) is 6.21. The molecule has 0 amide bonds. The number of allylic oxidation sites excluding steroid dienone is 3. The molecule has 23 heavy (non-hydrogen) atoms. The van der Waals surface area contributed by atoms with Gasteiger partial charge >= 0.3 is 0 Å². The first-order valence-corrected chi connectivity index (χ1v) is 7.86. The lowest BCUT2D eigenvalue weighted by Crippen LogP contribution is -2.32. The van der Waals surface area contributed by atoms with Crippen molar-refractivity contribution < 1.29 is 4.39 Å². The highest BCUT2D eigenvalue weighted by Gasteiger charge is 2.23. The summed E-state index contributed by atoms with van der Waals surface area (Å²) in [6.45, 7) is 1.95. The number of benzene rings is 2. The molecule has 0 saturated heterocycles. The van der Waals surface area contributed by atoms with E-state index in [1.165, 1.54) is 6.07 Å². The third-order valence-corrected chi connectivity index (χ3v) is 4.24. The van der Waals surface area contributed by atoms with Gasteiger partial charge in [-0.05, 0) is 36.8 Å². The lowest BCUT2D eigenvalue weighted by Gasteiger charge is -2.29. The Morgan fingerprint density at radius 1 is 1.04 bits per heavy atom. The van der Waals surface area contributed by atoms with E-state index in [2.05, 4.69) is 5.43 Å². The van der Waals surface area contributed by atoms with Crippen LogP contribution in [0.5, 0.6) is 0 Å². The van der Waals surface area contributed by atoms with Gasteiger partial charge in [-0.25, -0.2) is 4.39 Å². The number of hydrazine groups is 1. The van der Waals surface area contributed by atoms with Gasteiger partial charge < -0.3 is 5.43 Å².